The van der Waals surface area contributed by atoms with Crippen molar-refractivity contribution >= 4 is 11.2 Å². The first-order valence-electron chi connectivity index (χ1n) is 14.0. The topological polar surface area (TPSA) is 82.8 Å². The van der Waals surface area contributed by atoms with Crippen LogP contribution in [0.3, 0.4) is 0 Å². The minimum atomic E-state index is -4.19. The van der Waals surface area contributed by atoms with Crippen molar-refractivity contribution in [3.63, 3.8) is 0 Å². The summed E-state index contributed by atoms with van der Waals surface area (Å²) in [5, 5.41) is 0. The van der Waals surface area contributed by atoms with Gasteiger partial charge >= 0.3 is 6.18 Å². The molecule has 5 aliphatic rings. The number of fused-ring (bicyclic) bond motifs is 1. The Bertz CT molecular complexity index is 1480. The highest BCUT2D eigenvalue weighted by molar-refractivity contribution is 5.75. The minimum absolute atomic E-state index is 0.0319. The molecular weight excluding hydrogens is 507 g/mol. The predicted octanol–water partition coefficient (Wildman–Crippen LogP) is 5.95. The first-order valence-corrected chi connectivity index (χ1v) is 14.0. The molecule has 2 bridgehead atoms. The normalized spacial score (nSPS) is 29.7. The van der Waals surface area contributed by atoms with Crippen LogP contribution >= 0.6 is 0 Å². The summed E-state index contributed by atoms with van der Waals surface area (Å²) in [4.78, 5) is 31.4. The van der Waals surface area contributed by atoms with Gasteiger partial charge in [0.15, 0.2) is 5.65 Å². The monoisotopic (exact) mass is 541 g/mol. The molecule has 3 aromatic heterocycles. The number of aromatic nitrogens is 5. The van der Waals surface area contributed by atoms with Crippen LogP contribution < -0.4 is 5.56 Å². The quantitative estimate of drug-likeness (QED) is 0.406. The van der Waals surface area contributed by atoms with E-state index in [1.807, 2.05) is 20.8 Å². The van der Waals surface area contributed by atoms with E-state index in [-0.39, 0.29) is 36.8 Å². The number of nitrogens with zero attached hydrogens (tertiary/aromatic N) is 5. The predicted molar refractivity (Wildman–Crippen MR) is 140 cm³/mol. The molecule has 1 saturated heterocycles. The van der Waals surface area contributed by atoms with E-state index in [0.717, 1.165) is 29.8 Å². The number of aryl methyl sites for hydroxylation is 2. The van der Waals surface area contributed by atoms with E-state index in [0.29, 0.717) is 48.0 Å². The fourth-order valence-corrected chi connectivity index (χ4v) is 6.77. The maximum atomic E-state index is 13.7. The Morgan fingerprint density at radius 2 is 1.72 bits per heavy atom. The Kier molecular flexibility index (Phi) is 6.13. The highest BCUT2D eigenvalue weighted by atomic mass is 19.4. The third-order valence-electron chi connectivity index (χ3n) is 8.99. The van der Waals surface area contributed by atoms with Crippen molar-refractivity contribution in [3.05, 3.63) is 57.2 Å². The summed E-state index contributed by atoms with van der Waals surface area (Å²) in [6, 6.07) is 3.32. The van der Waals surface area contributed by atoms with E-state index < -0.39 is 17.0 Å². The first-order chi connectivity index (χ1) is 18.6. The van der Waals surface area contributed by atoms with E-state index >= 15 is 0 Å². The van der Waals surface area contributed by atoms with Crippen LogP contribution in [0.1, 0.15) is 105 Å². The number of halogens is 3. The average Bonchev–Trinajstić information content (AvgIpc) is 3.70. The summed E-state index contributed by atoms with van der Waals surface area (Å²) in [5.41, 5.74) is 2.12. The van der Waals surface area contributed by atoms with E-state index in [1.54, 1.807) is 19.3 Å². The maximum Gasteiger partial charge on any atom is 0.394 e. The summed E-state index contributed by atoms with van der Waals surface area (Å²) in [5.74, 6) is 0.973. The van der Waals surface area contributed by atoms with Crippen LogP contribution in [0.5, 0.6) is 0 Å². The van der Waals surface area contributed by atoms with Crippen molar-refractivity contribution in [2.45, 2.75) is 95.2 Å². The molecule has 2 atom stereocenters. The van der Waals surface area contributed by atoms with Crippen molar-refractivity contribution in [2.75, 3.05) is 6.61 Å². The molecule has 4 saturated carbocycles. The molecule has 10 heteroatoms. The summed E-state index contributed by atoms with van der Waals surface area (Å²) >= 11 is 0. The zero-order valence-corrected chi connectivity index (χ0v) is 22.8. The van der Waals surface area contributed by atoms with Gasteiger partial charge in [-0.2, -0.15) is 13.2 Å². The van der Waals surface area contributed by atoms with Gasteiger partial charge in [-0.25, -0.2) is 19.9 Å². The van der Waals surface area contributed by atoms with Gasteiger partial charge in [0.05, 0.1) is 28.6 Å². The zero-order valence-electron chi connectivity index (χ0n) is 22.8. The van der Waals surface area contributed by atoms with E-state index in [9.17, 15) is 18.0 Å². The number of ether oxygens (including phenoxy) is 1. The van der Waals surface area contributed by atoms with E-state index in [1.165, 1.54) is 10.6 Å². The standard InChI is InChI=1S/C27H28F3N5O2.C2H6/c1-14-20(15-3-4-15)32-24-21(31-14)22(25-11-26(12-25,13-25)27(28,29)30)33-23(34-24)16-7-8-37-18(9-16)17-5-6-19(36)35(2)10-17;1-2/h5-6,10,15-16,18H,3-4,7-9,11-13H2,1-2H3;1-2H3. The maximum absolute atomic E-state index is 13.7. The van der Waals surface area contributed by atoms with Crippen LogP contribution in [-0.4, -0.2) is 37.3 Å². The smallest absolute Gasteiger partial charge is 0.373 e. The van der Waals surface area contributed by atoms with Gasteiger partial charge in [0.25, 0.3) is 0 Å². The molecule has 0 radical (unpaired) electrons. The Labute approximate surface area is 225 Å². The lowest BCUT2D eigenvalue weighted by atomic mass is 9.34. The molecule has 0 amide bonds. The van der Waals surface area contributed by atoms with Crippen LogP contribution in [0.15, 0.2) is 23.1 Å². The SMILES string of the molecule is CC.Cc1nc2c(C34CC(C(F)(F)F)(C3)C4)nc(C3CCOC(c4ccc(=O)n(C)c4)C3)nc2nc1C1CC1. The Morgan fingerprint density at radius 1 is 1.00 bits per heavy atom. The summed E-state index contributed by atoms with van der Waals surface area (Å²) < 4.78 is 48.6. The van der Waals surface area contributed by atoms with Crippen molar-refractivity contribution in [2.24, 2.45) is 12.5 Å². The van der Waals surface area contributed by atoms with Gasteiger partial charge in [-0.1, -0.05) is 13.8 Å². The van der Waals surface area contributed by atoms with Gasteiger partial charge in [-0.3, -0.25) is 4.79 Å². The van der Waals surface area contributed by atoms with E-state index in [2.05, 4.69) is 0 Å². The molecule has 8 rings (SSSR count). The largest absolute Gasteiger partial charge is 0.394 e. The van der Waals surface area contributed by atoms with Crippen LogP contribution in [0, 0.1) is 12.3 Å². The average molecular weight is 542 g/mol. The fourth-order valence-electron chi connectivity index (χ4n) is 6.77. The molecule has 0 aromatic carbocycles. The molecule has 208 valence electrons. The van der Waals surface area contributed by atoms with Crippen LogP contribution in [0.2, 0.25) is 0 Å². The molecule has 4 aliphatic carbocycles. The van der Waals surface area contributed by atoms with Gasteiger partial charge in [0.2, 0.25) is 5.56 Å². The molecule has 5 fully saturated rings. The molecule has 0 N–H and O–H groups in total. The lowest BCUT2D eigenvalue weighted by Crippen LogP contribution is -2.70. The lowest BCUT2D eigenvalue weighted by molar-refractivity contribution is -0.337. The van der Waals surface area contributed by atoms with Gasteiger partial charge in [-0.15, -0.1) is 0 Å². The number of alkyl halides is 3. The second-order valence-corrected chi connectivity index (χ2v) is 11.7. The van der Waals surface area contributed by atoms with Crippen LogP contribution in [-0.2, 0) is 17.2 Å². The van der Waals surface area contributed by atoms with Gasteiger partial charge in [-0.05, 0) is 63.5 Å². The highest BCUT2D eigenvalue weighted by Crippen LogP contribution is 2.78. The van der Waals surface area contributed by atoms with Crippen LogP contribution in [0.25, 0.3) is 11.2 Å². The molecular formula is C29H34F3N5O2. The Hall–Kier alpha value is -2.88. The molecule has 1 aliphatic heterocycles. The van der Waals surface area contributed by atoms with Crippen molar-refractivity contribution in [1.29, 1.82) is 0 Å². The van der Waals surface area contributed by atoms with Gasteiger partial charge < -0.3 is 9.30 Å². The van der Waals surface area contributed by atoms with Gasteiger partial charge in [0.1, 0.15) is 11.3 Å². The molecule has 4 heterocycles. The molecule has 2 unspecified atom stereocenters. The van der Waals surface area contributed by atoms with Crippen molar-refractivity contribution in [1.82, 2.24) is 24.5 Å². The minimum Gasteiger partial charge on any atom is -0.373 e. The lowest BCUT2D eigenvalue weighted by Gasteiger charge is -2.70. The summed E-state index contributed by atoms with van der Waals surface area (Å²) in [6.07, 6.45) is 1.05. The number of hydrogen-bond acceptors (Lipinski definition) is 6. The number of rotatable bonds is 4. The summed E-state index contributed by atoms with van der Waals surface area (Å²) in [6.45, 7) is 6.43. The second kappa shape index (κ2) is 9.08. The third-order valence-corrected chi connectivity index (χ3v) is 8.99. The highest BCUT2D eigenvalue weighted by Gasteiger charge is 2.79. The van der Waals surface area contributed by atoms with Crippen LogP contribution in [0.4, 0.5) is 13.2 Å². The molecule has 3 aromatic rings. The van der Waals surface area contributed by atoms with Gasteiger partial charge in [0, 0.05) is 43.2 Å². The molecule has 39 heavy (non-hydrogen) atoms. The molecule has 0 spiro atoms. The van der Waals surface area contributed by atoms with Crippen molar-refractivity contribution < 1.29 is 17.9 Å². The van der Waals surface area contributed by atoms with E-state index in [4.69, 9.17) is 24.7 Å². The Balaban J connectivity index is 0.00000135. The number of hydrogen-bond donors (Lipinski definition) is 0. The second-order valence-electron chi connectivity index (χ2n) is 11.7. The third kappa shape index (κ3) is 4.17. The molecule has 7 nitrogen and oxygen atoms in total. The Morgan fingerprint density at radius 3 is 2.36 bits per heavy atom. The number of pyridine rings is 1. The summed E-state index contributed by atoms with van der Waals surface area (Å²) in [7, 11) is 1.71. The first kappa shape index (κ1) is 26.3. The van der Waals surface area contributed by atoms with Crippen molar-refractivity contribution in [3.8, 4) is 0 Å². The zero-order chi connectivity index (χ0) is 27.7. The fraction of sp³-hybridized carbons (Fsp3) is 0.621.